The van der Waals surface area contributed by atoms with Gasteiger partial charge >= 0.3 is 0 Å². The molecular formula is C11H16ClN7O. The fourth-order valence-electron chi connectivity index (χ4n) is 1.85. The lowest BCUT2D eigenvalue weighted by Gasteiger charge is -2.04. The van der Waals surface area contributed by atoms with Crippen molar-refractivity contribution in [3.63, 3.8) is 0 Å². The molecule has 9 heteroatoms. The third-order valence-electron chi connectivity index (χ3n) is 2.88. The van der Waals surface area contributed by atoms with Crippen molar-refractivity contribution in [2.45, 2.75) is 33.4 Å². The molecule has 0 aromatic carbocycles. The summed E-state index contributed by atoms with van der Waals surface area (Å²) in [5.41, 5.74) is 7.15. The summed E-state index contributed by atoms with van der Waals surface area (Å²) in [6, 6.07) is 0. The largest absolute Gasteiger partial charge is 0.409 e. The third-order valence-corrected chi connectivity index (χ3v) is 3.32. The van der Waals surface area contributed by atoms with Crippen molar-refractivity contribution in [3.05, 3.63) is 28.6 Å². The Morgan fingerprint density at radius 2 is 2.20 bits per heavy atom. The zero-order valence-electron chi connectivity index (χ0n) is 11.3. The summed E-state index contributed by atoms with van der Waals surface area (Å²) in [4.78, 5) is 3.96. The Morgan fingerprint density at radius 1 is 1.45 bits per heavy atom. The van der Waals surface area contributed by atoms with Crippen LogP contribution in [0.25, 0.3) is 0 Å². The molecule has 20 heavy (non-hydrogen) atoms. The lowest BCUT2D eigenvalue weighted by atomic mass is 10.3. The number of oxime groups is 1. The zero-order valence-corrected chi connectivity index (χ0v) is 12.0. The summed E-state index contributed by atoms with van der Waals surface area (Å²) in [5, 5.41) is 20.6. The van der Waals surface area contributed by atoms with Crippen LogP contribution in [0.2, 0.25) is 5.02 Å². The third kappa shape index (κ3) is 2.60. The van der Waals surface area contributed by atoms with Gasteiger partial charge in [0.25, 0.3) is 0 Å². The number of aromatic nitrogens is 5. The predicted octanol–water partition coefficient (Wildman–Crippen LogP) is 0.853. The molecule has 0 radical (unpaired) electrons. The van der Waals surface area contributed by atoms with Crippen molar-refractivity contribution in [1.29, 1.82) is 0 Å². The summed E-state index contributed by atoms with van der Waals surface area (Å²) in [6.07, 6.45) is 2.27. The molecule has 2 rings (SSSR count). The normalized spacial score (nSPS) is 12.1. The van der Waals surface area contributed by atoms with Gasteiger partial charge in [-0.2, -0.15) is 5.10 Å². The maximum absolute atomic E-state index is 8.59. The molecular weight excluding hydrogens is 282 g/mol. The van der Waals surface area contributed by atoms with Crippen molar-refractivity contribution in [2.75, 3.05) is 0 Å². The minimum Gasteiger partial charge on any atom is -0.409 e. The number of rotatable bonds is 5. The van der Waals surface area contributed by atoms with Gasteiger partial charge in [0.15, 0.2) is 0 Å². The monoisotopic (exact) mass is 297 g/mol. The molecule has 0 aliphatic rings. The molecule has 0 aliphatic carbocycles. The van der Waals surface area contributed by atoms with E-state index in [4.69, 9.17) is 22.5 Å². The second-order valence-electron chi connectivity index (χ2n) is 4.13. The minimum atomic E-state index is -0.131. The van der Waals surface area contributed by atoms with Crippen molar-refractivity contribution in [3.8, 4) is 0 Å². The van der Waals surface area contributed by atoms with E-state index in [1.807, 2.05) is 18.5 Å². The molecule has 8 nitrogen and oxygen atoms in total. The lowest BCUT2D eigenvalue weighted by Crippen LogP contribution is -2.16. The molecule has 0 aliphatic heterocycles. The molecule has 0 saturated heterocycles. The van der Waals surface area contributed by atoms with Gasteiger partial charge in [0, 0.05) is 6.54 Å². The Balaban J connectivity index is 2.30. The summed E-state index contributed by atoms with van der Waals surface area (Å²) in [6.45, 7) is 5.14. The van der Waals surface area contributed by atoms with Crippen LogP contribution in [0.4, 0.5) is 0 Å². The van der Waals surface area contributed by atoms with Crippen molar-refractivity contribution < 1.29 is 5.21 Å². The molecule has 0 amide bonds. The summed E-state index contributed by atoms with van der Waals surface area (Å²) < 4.78 is 3.41. The highest BCUT2D eigenvalue weighted by Gasteiger charge is 2.15. The number of amidine groups is 1. The van der Waals surface area contributed by atoms with Gasteiger partial charge in [-0.15, -0.1) is 5.10 Å². The number of nitrogens with zero attached hydrogens (tertiary/aromatic N) is 6. The summed E-state index contributed by atoms with van der Waals surface area (Å²) in [5.74, 6) is 0.0370. The van der Waals surface area contributed by atoms with Crippen LogP contribution in [0.5, 0.6) is 0 Å². The van der Waals surface area contributed by atoms with Gasteiger partial charge in [-0.3, -0.25) is 4.68 Å². The van der Waals surface area contributed by atoms with Gasteiger partial charge in [0.2, 0.25) is 11.7 Å². The first-order valence-electron chi connectivity index (χ1n) is 6.22. The van der Waals surface area contributed by atoms with Crippen molar-refractivity contribution >= 4 is 17.4 Å². The zero-order chi connectivity index (χ0) is 14.7. The van der Waals surface area contributed by atoms with Crippen LogP contribution < -0.4 is 5.73 Å². The van der Waals surface area contributed by atoms with Crippen molar-refractivity contribution in [2.24, 2.45) is 10.9 Å². The van der Waals surface area contributed by atoms with Crippen LogP contribution in [0.3, 0.4) is 0 Å². The molecule has 108 valence electrons. The van der Waals surface area contributed by atoms with Crippen LogP contribution in [-0.2, 0) is 19.5 Å². The fourth-order valence-corrected chi connectivity index (χ4v) is 2.18. The number of halogens is 1. The van der Waals surface area contributed by atoms with Gasteiger partial charge in [-0.1, -0.05) is 23.7 Å². The first kappa shape index (κ1) is 14.3. The molecule has 3 N–H and O–H groups in total. The molecule has 2 heterocycles. The van der Waals surface area contributed by atoms with Crippen LogP contribution in [0.15, 0.2) is 11.5 Å². The molecule has 0 saturated carbocycles. The molecule has 0 spiro atoms. The van der Waals surface area contributed by atoms with Crippen LogP contribution >= 0.6 is 11.6 Å². The summed E-state index contributed by atoms with van der Waals surface area (Å²) in [7, 11) is 0. The fraction of sp³-hybridized carbons (Fsp3) is 0.455. The number of nitrogens with two attached hydrogens (primary N) is 1. The van der Waals surface area contributed by atoms with Gasteiger partial charge < -0.3 is 10.9 Å². The highest BCUT2D eigenvalue weighted by molar-refractivity contribution is 6.31. The van der Waals surface area contributed by atoms with Crippen molar-refractivity contribution in [1.82, 2.24) is 24.5 Å². The van der Waals surface area contributed by atoms with Crippen LogP contribution in [0, 0.1) is 0 Å². The minimum absolute atomic E-state index is 0.131. The highest BCUT2D eigenvalue weighted by Crippen LogP contribution is 2.22. The average Bonchev–Trinajstić information content (AvgIpc) is 3.04. The van der Waals surface area contributed by atoms with Gasteiger partial charge in [0.1, 0.15) is 6.33 Å². The maximum atomic E-state index is 8.59. The van der Waals surface area contributed by atoms with E-state index < -0.39 is 0 Å². The van der Waals surface area contributed by atoms with Gasteiger partial charge in [0.05, 0.1) is 23.0 Å². The second-order valence-corrected chi connectivity index (χ2v) is 4.51. The smallest absolute Gasteiger partial charge is 0.219 e. The Kier molecular flexibility index (Phi) is 4.23. The SMILES string of the molecule is CCc1nn(CC)c(Cn2cnc(C(N)=NO)n2)c1Cl. The Bertz CT molecular complexity index is 631. The second kappa shape index (κ2) is 5.91. The highest BCUT2D eigenvalue weighted by atomic mass is 35.5. The van der Waals surface area contributed by atoms with E-state index in [1.54, 1.807) is 4.68 Å². The Morgan fingerprint density at radius 3 is 2.80 bits per heavy atom. The van der Waals surface area contributed by atoms with Gasteiger partial charge in [-0.25, -0.2) is 9.67 Å². The number of hydrogen-bond donors (Lipinski definition) is 2. The topological polar surface area (TPSA) is 107 Å². The lowest BCUT2D eigenvalue weighted by molar-refractivity contribution is 0.318. The van der Waals surface area contributed by atoms with Gasteiger partial charge in [-0.05, 0) is 13.3 Å². The quantitative estimate of drug-likeness (QED) is 0.368. The Labute approximate surface area is 120 Å². The molecule has 0 bridgehead atoms. The van der Waals surface area contributed by atoms with E-state index >= 15 is 0 Å². The predicted molar refractivity (Wildman–Crippen MR) is 73.9 cm³/mol. The van der Waals surface area contributed by atoms with E-state index in [9.17, 15) is 0 Å². The maximum Gasteiger partial charge on any atom is 0.219 e. The molecule has 0 atom stereocenters. The first-order chi connectivity index (χ1) is 9.60. The van der Waals surface area contributed by atoms with E-state index in [0.29, 0.717) is 11.6 Å². The van der Waals surface area contributed by atoms with E-state index in [0.717, 1.165) is 24.4 Å². The van der Waals surface area contributed by atoms with E-state index in [-0.39, 0.29) is 11.7 Å². The Hall–Kier alpha value is -2.09. The average molecular weight is 298 g/mol. The van der Waals surface area contributed by atoms with E-state index in [2.05, 4.69) is 20.3 Å². The van der Waals surface area contributed by atoms with Crippen LogP contribution in [0.1, 0.15) is 31.1 Å². The summed E-state index contributed by atoms with van der Waals surface area (Å²) >= 11 is 6.32. The number of aryl methyl sites for hydroxylation is 2. The standard InChI is InChI=1S/C11H16ClN7O/c1-3-7-9(12)8(19(4-2)15-7)5-18-6-14-11(16-18)10(13)17-20/h6,20H,3-5H2,1-2H3,(H2,13,17). The number of hydrogen-bond acceptors (Lipinski definition) is 5. The molecule has 2 aromatic rings. The first-order valence-corrected chi connectivity index (χ1v) is 6.59. The van der Waals surface area contributed by atoms with E-state index in [1.165, 1.54) is 6.33 Å². The molecule has 0 fully saturated rings. The van der Waals surface area contributed by atoms with Crippen LogP contribution in [-0.4, -0.2) is 35.6 Å². The molecule has 0 unspecified atom stereocenters. The molecule has 2 aromatic heterocycles.